The largest absolute Gasteiger partial charge is 0.464 e. The average Bonchev–Trinajstić information content (AvgIpc) is 2.76. The van der Waals surface area contributed by atoms with Gasteiger partial charge in [0.1, 0.15) is 11.9 Å². The van der Waals surface area contributed by atoms with Crippen LogP contribution in [0, 0.1) is 0 Å². The molecule has 0 aromatic carbocycles. The van der Waals surface area contributed by atoms with Crippen molar-refractivity contribution in [2.75, 3.05) is 12.3 Å². The van der Waals surface area contributed by atoms with E-state index in [2.05, 4.69) is 11.9 Å². The van der Waals surface area contributed by atoms with Crippen molar-refractivity contribution in [2.24, 2.45) is 0 Å². The van der Waals surface area contributed by atoms with E-state index in [0.29, 0.717) is 12.4 Å². The van der Waals surface area contributed by atoms with Crippen LogP contribution in [0.5, 0.6) is 0 Å². The van der Waals surface area contributed by atoms with E-state index < -0.39 is 0 Å². The summed E-state index contributed by atoms with van der Waals surface area (Å²) in [5, 5.41) is 0. The molecule has 0 bridgehead atoms. The Bertz CT molecular complexity index is 363. The molecule has 0 saturated carbocycles. The van der Waals surface area contributed by atoms with Crippen molar-refractivity contribution in [3.05, 3.63) is 12.5 Å². The van der Waals surface area contributed by atoms with Crippen molar-refractivity contribution in [1.82, 2.24) is 9.55 Å². The van der Waals surface area contributed by atoms with Gasteiger partial charge in [0.05, 0.1) is 12.9 Å². The zero-order valence-corrected chi connectivity index (χ0v) is 11.3. The Labute approximate surface area is 108 Å². The minimum absolute atomic E-state index is 0.202. The number of carbonyl (C=O) groups is 1. The normalized spacial score (nSPS) is 12.3. The smallest absolute Gasteiger partial charge is 0.329 e. The average molecular weight is 253 g/mol. The predicted molar refractivity (Wildman–Crippen MR) is 71.1 cm³/mol. The summed E-state index contributed by atoms with van der Waals surface area (Å²) >= 11 is 0. The quantitative estimate of drug-likeness (QED) is 0.571. The SMILES string of the molecule is CCCCCCC(C(=O)OCC)n1cnc(N)c1. The fourth-order valence-corrected chi connectivity index (χ4v) is 1.91. The number of carbonyl (C=O) groups excluding carboxylic acids is 1. The molecule has 1 unspecified atom stereocenters. The number of hydrogen-bond donors (Lipinski definition) is 1. The maximum Gasteiger partial charge on any atom is 0.329 e. The first-order valence-corrected chi connectivity index (χ1v) is 6.64. The Hall–Kier alpha value is -1.52. The third kappa shape index (κ3) is 4.39. The van der Waals surface area contributed by atoms with Crippen molar-refractivity contribution < 1.29 is 9.53 Å². The molecule has 0 aliphatic carbocycles. The third-order valence-corrected chi connectivity index (χ3v) is 2.87. The Kier molecular flexibility index (Phi) is 6.25. The van der Waals surface area contributed by atoms with Crippen LogP contribution < -0.4 is 5.73 Å². The number of unbranched alkanes of at least 4 members (excludes halogenated alkanes) is 3. The molecule has 1 heterocycles. The summed E-state index contributed by atoms with van der Waals surface area (Å²) in [5.74, 6) is 0.226. The highest BCUT2D eigenvalue weighted by atomic mass is 16.5. The molecule has 18 heavy (non-hydrogen) atoms. The van der Waals surface area contributed by atoms with Crippen LogP contribution in [0.15, 0.2) is 12.5 Å². The van der Waals surface area contributed by atoms with Crippen molar-refractivity contribution in [2.45, 2.75) is 52.0 Å². The predicted octanol–water partition coefficient (Wildman–Crippen LogP) is 2.54. The van der Waals surface area contributed by atoms with Crippen LogP contribution in [-0.4, -0.2) is 22.1 Å². The number of rotatable bonds is 8. The molecule has 0 spiro atoms. The van der Waals surface area contributed by atoms with Gasteiger partial charge in [-0.1, -0.05) is 32.6 Å². The van der Waals surface area contributed by atoms with E-state index in [4.69, 9.17) is 10.5 Å². The summed E-state index contributed by atoms with van der Waals surface area (Å²) in [5.41, 5.74) is 5.58. The molecule has 0 aliphatic heterocycles. The third-order valence-electron chi connectivity index (χ3n) is 2.87. The topological polar surface area (TPSA) is 70.1 Å². The number of anilines is 1. The van der Waals surface area contributed by atoms with E-state index >= 15 is 0 Å². The van der Waals surface area contributed by atoms with Gasteiger partial charge in [0.15, 0.2) is 0 Å². The van der Waals surface area contributed by atoms with Gasteiger partial charge in [0, 0.05) is 6.20 Å². The number of nitrogens with zero attached hydrogens (tertiary/aromatic N) is 2. The molecule has 0 fully saturated rings. The van der Waals surface area contributed by atoms with Gasteiger partial charge in [-0.15, -0.1) is 0 Å². The molecule has 1 rings (SSSR count). The van der Waals surface area contributed by atoms with E-state index in [1.807, 2.05) is 6.92 Å². The summed E-state index contributed by atoms with van der Waals surface area (Å²) in [7, 11) is 0. The Morgan fingerprint density at radius 2 is 2.22 bits per heavy atom. The molecule has 0 aliphatic rings. The minimum atomic E-state index is -0.299. The molecule has 102 valence electrons. The first kappa shape index (κ1) is 14.5. The molecular formula is C13H23N3O2. The number of nitrogens with two attached hydrogens (primary N) is 1. The highest BCUT2D eigenvalue weighted by Gasteiger charge is 2.21. The molecule has 1 atom stereocenters. The highest BCUT2D eigenvalue weighted by molar-refractivity contribution is 5.74. The van der Waals surface area contributed by atoms with E-state index in [-0.39, 0.29) is 12.0 Å². The van der Waals surface area contributed by atoms with Crippen molar-refractivity contribution in [3.8, 4) is 0 Å². The van der Waals surface area contributed by atoms with Crippen molar-refractivity contribution >= 4 is 11.8 Å². The Morgan fingerprint density at radius 3 is 2.78 bits per heavy atom. The number of imidazole rings is 1. The molecule has 0 saturated heterocycles. The van der Waals surface area contributed by atoms with E-state index in [0.717, 1.165) is 19.3 Å². The zero-order valence-electron chi connectivity index (χ0n) is 11.3. The standard InChI is InChI=1S/C13H23N3O2/c1-3-5-6-7-8-11(13(17)18-4-2)16-9-12(14)15-10-16/h9-11H,3-8,14H2,1-2H3. The molecular weight excluding hydrogens is 230 g/mol. The second kappa shape index (κ2) is 7.74. The number of esters is 1. The number of nitrogen functional groups attached to an aromatic ring is 1. The molecule has 5 heteroatoms. The van der Waals surface area contributed by atoms with E-state index in [9.17, 15) is 4.79 Å². The molecule has 5 nitrogen and oxygen atoms in total. The van der Waals surface area contributed by atoms with Crippen LogP contribution in [0.25, 0.3) is 0 Å². The van der Waals surface area contributed by atoms with Gasteiger partial charge in [-0.3, -0.25) is 0 Å². The second-order valence-corrected chi connectivity index (χ2v) is 4.36. The lowest BCUT2D eigenvalue weighted by Crippen LogP contribution is -2.21. The van der Waals surface area contributed by atoms with Crippen LogP contribution in [0.3, 0.4) is 0 Å². The van der Waals surface area contributed by atoms with Crippen LogP contribution >= 0.6 is 0 Å². The second-order valence-electron chi connectivity index (χ2n) is 4.36. The zero-order chi connectivity index (χ0) is 13.4. The van der Waals surface area contributed by atoms with Gasteiger partial charge in [0.2, 0.25) is 0 Å². The molecule has 0 amide bonds. The molecule has 2 N–H and O–H groups in total. The molecule has 0 radical (unpaired) electrons. The van der Waals surface area contributed by atoms with Gasteiger partial charge >= 0.3 is 5.97 Å². The van der Waals surface area contributed by atoms with Gasteiger partial charge < -0.3 is 15.0 Å². The molecule has 1 aromatic rings. The Morgan fingerprint density at radius 1 is 1.44 bits per heavy atom. The molecule has 1 aromatic heterocycles. The maximum atomic E-state index is 11.9. The first-order chi connectivity index (χ1) is 8.69. The van der Waals surface area contributed by atoms with Gasteiger partial charge in [0.25, 0.3) is 0 Å². The minimum Gasteiger partial charge on any atom is -0.464 e. The summed E-state index contributed by atoms with van der Waals surface area (Å²) in [4.78, 5) is 15.9. The number of aromatic nitrogens is 2. The fraction of sp³-hybridized carbons (Fsp3) is 0.692. The summed E-state index contributed by atoms with van der Waals surface area (Å²) in [6, 6.07) is -0.299. The van der Waals surface area contributed by atoms with Crippen LogP contribution in [-0.2, 0) is 9.53 Å². The first-order valence-electron chi connectivity index (χ1n) is 6.64. The van der Waals surface area contributed by atoms with Crippen LogP contribution in [0.1, 0.15) is 52.0 Å². The van der Waals surface area contributed by atoms with E-state index in [1.54, 1.807) is 17.1 Å². The van der Waals surface area contributed by atoms with Gasteiger partial charge in [-0.25, -0.2) is 9.78 Å². The van der Waals surface area contributed by atoms with Crippen molar-refractivity contribution in [1.29, 1.82) is 0 Å². The monoisotopic (exact) mass is 253 g/mol. The van der Waals surface area contributed by atoms with Gasteiger partial charge in [-0.05, 0) is 13.3 Å². The van der Waals surface area contributed by atoms with Crippen LogP contribution in [0.4, 0.5) is 5.82 Å². The lowest BCUT2D eigenvalue weighted by molar-refractivity contribution is -0.147. The maximum absolute atomic E-state index is 11.9. The number of ether oxygens (including phenoxy) is 1. The summed E-state index contributed by atoms with van der Waals surface area (Å²) in [6.07, 6.45) is 8.57. The van der Waals surface area contributed by atoms with Crippen LogP contribution in [0.2, 0.25) is 0 Å². The number of hydrogen-bond acceptors (Lipinski definition) is 4. The Balaban J connectivity index is 2.60. The lowest BCUT2D eigenvalue weighted by Gasteiger charge is -2.16. The van der Waals surface area contributed by atoms with E-state index in [1.165, 1.54) is 12.8 Å². The fourth-order valence-electron chi connectivity index (χ4n) is 1.91. The van der Waals surface area contributed by atoms with Gasteiger partial charge in [-0.2, -0.15) is 0 Å². The summed E-state index contributed by atoms with van der Waals surface area (Å²) < 4.78 is 6.85. The van der Waals surface area contributed by atoms with Crippen molar-refractivity contribution in [3.63, 3.8) is 0 Å². The highest BCUT2D eigenvalue weighted by Crippen LogP contribution is 2.19. The lowest BCUT2D eigenvalue weighted by atomic mass is 10.1. The summed E-state index contributed by atoms with van der Waals surface area (Å²) in [6.45, 7) is 4.38.